The minimum atomic E-state index is 0.150. The number of rotatable bonds is 5. The van der Waals surface area contributed by atoms with E-state index in [1.165, 1.54) is 5.56 Å². The Balaban J connectivity index is 2.07. The Morgan fingerprint density at radius 1 is 1.33 bits per heavy atom. The van der Waals surface area contributed by atoms with E-state index in [0.29, 0.717) is 6.54 Å². The van der Waals surface area contributed by atoms with Crippen LogP contribution < -0.4 is 10.2 Å². The van der Waals surface area contributed by atoms with Crippen molar-refractivity contribution in [1.29, 1.82) is 0 Å². The molecule has 1 saturated heterocycles. The maximum Gasteiger partial charge on any atom is 0.241 e. The van der Waals surface area contributed by atoms with E-state index in [1.54, 1.807) is 4.90 Å². The quantitative estimate of drug-likeness (QED) is 0.849. The average Bonchev–Trinajstić information content (AvgIpc) is 2.62. The van der Waals surface area contributed by atoms with Crippen LogP contribution in [0.25, 0.3) is 0 Å². The summed E-state index contributed by atoms with van der Waals surface area (Å²) >= 11 is 6.42. The van der Waals surface area contributed by atoms with Gasteiger partial charge in [-0.2, -0.15) is 0 Å². The molecule has 0 atom stereocenters. The fourth-order valence-corrected chi connectivity index (χ4v) is 2.84. The lowest BCUT2D eigenvalue weighted by Gasteiger charge is -2.23. The first-order valence-electron chi connectivity index (χ1n) is 7.60. The Kier molecular flexibility index (Phi) is 5.88. The van der Waals surface area contributed by atoms with Crippen LogP contribution in [0.4, 0.5) is 5.69 Å². The van der Waals surface area contributed by atoms with E-state index in [9.17, 15) is 4.79 Å². The van der Waals surface area contributed by atoms with Crippen LogP contribution in [-0.2, 0) is 11.3 Å². The number of likely N-dealkylation sites (N-methyl/N-ethyl adjacent to an activating group) is 1. The highest BCUT2D eigenvalue weighted by Gasteiger charge is 2.20. The van der Waals surface area contributed by atoms with Crippen LogP contribution in [0.3, 0.4) is 0 Å². The Labute approximate surface area is 132 Å². The number of amides is 1. The van der Waals surface area contributed by atoms with Gasteiger partial charge in [0.1, 0.15) is 0 Å². The van der Waals surface area contributed by atoms with E-state index in [2.05, 4.69) is 23.2 Å². The molecule has 1 aromatic rings. The summed E-state index contributed by atoms with van der Waals surface area (Å²) in [6.07, 6.45) is 2.09. The lowest BCUT2D eigenvalue weighted by Crippen LogP contribution is -2.34. The molecule has 2 rings (SSSR count). The number of nitrogens with one attached hydrogen (secondary N) is 1. The van der Waals surface area contributed by atoms with Crippen molar-refractivity contribution in [2.45, 2.75) is 26.3 Å². The van der Waals surface area contributed by atoms with Crippen LogP contribution in [0.15, 0.2) is 18.2 Å². The van der Waals surface area contributed by atoms with Gasteiger partial charge in [0.15, 0.2) is 0 Å². The van der Waals surface area contributed by atoms with Gasteiger partial charge in [-0.25, -0.2) is 0 Å². The fraction of sp³-hybridized carbons (Fsp3) is 0.562. The van der Waals surface area contributed by atoms with Crippen LogP contribution in [-0.4, -0.2) is 44.0 Å². The number of nitrogens with zero attached hydrogens (tertiary/aromatic N) is 2. The van der Waals surface area contributed by atoms with Crippen LogP contribution in [0.1, 0.15) is 25.3 Å². The zero-order valence-corrected chi connectivity index (χ0v) is 13.6. The lowest BCUT2D eigenvalue weighted by atomic mass is 10.2. The van der Waals surface area contributed by atoms with Crippen LogP contribution in [0.5, 0.6) is 0 Å². The van der Waals surface area contributed by atoms with Gasteiger partial charge in [0, 0.05) is 26.7 Å². The predicted octanol–water partition coefficient (Wildman–Crippen LogP) is 2.51. The van der Waals surface area contributed by atoms with Gasteiger partial charge in [-0.15, -0.1) is 0 Å². The van der Waals surface area contributed by atoms with Gasteiger partial charge in [0.2, 0.25) is 5.91 Å². The molecule has 1 heterocycles. The van der Waals surface area contributed by atoms with Gasteiger partial charge >= 0.3 is 0 Å². The molecular formula is C16H24ClN3O. The second kappa shape index (κ2) is 7.66. The van der Waals surface area contributed by atoms with Gasteiger partial charge in [-0.05, 0) is 37.1 Å². The minimum absolute atomic E-state index is 0.150. The molecule has 1 aliphatic heterocycles. The van der Waals surface area contributed by atoms with Gasteiger partial charge in [-0.1, -0.05) is 24.6 Å². The molecule has 1 N–H and O–H groups in total. The molecule has 21 heavy (non-hydrogen) atoms. The van der Waals surface area contributed by atoms with E-state index >= 15 is 0 Å². The maximum atomic E-state index is 12.0. The third kappa shape index (κ3) is 4.35. The van der Waals surface area contributed by atoms with Crippen LogP contribution >= 0.6 is 11.6 Å². The molecule has 0 radical (unpaired) electrons. The number of carbonyl (C=O) groups excluding carboxylic acids is 1. The average molecular weight is 310 g/mol. The first-order chi connectivity index (χ1) is 10.1. The SMILES string of the molecule is CCCNCc1ccc(N2CCCN(C)C(=O)C2)c(Cl)c1. The highest BCUT2D eigenvalue weighted by atomic mass is 35.5. The fourth-order valence-electron chi connectivity index (χ4n) is 2.52. The summed E-state index contributed by atoms with van der Waals surface area (Å²) in [4.78, 5) is 15.9. The molecule has 0 spiro atoms. The molecule has 4 nitrogen and oxygen atoms in total. The van der Waals surface area contributed by atoms with Crippen LogP contribution in [0.2, 0.25) is 5.02 Å². The number of anilines is 1. The molecule has 0 bridgehead atoms. The molecule has 5 heteroatoms. The first-order valence-corrected chi connectivity index (χ1v) is 7.97. The van der Waals surface area contributed by atoms with Gasteiger partial charge < -0.3 is 15.1 Å². The summed E-state index contributed by atoms with van der Waals surface area (Å²) in [5.74, 6) is 0.150. The molecule has 0 aliphatic carbocycles. The zero-order valence-electron chi connectivity index (χ0n) is 12.9. The summed E-state index contributed by atoms with van der Waals surface area (Å²) in [6.45, 7) is 6.07. The monoisotopic (exact) mass is 309 g/mol. The topological polar surface area (TPSA) is 35.6 Å². The highest BCUT2D eigenvalue weighted by molar-refractivity contribution is 6.33. The number of benzene rings is 1. The minimum Gasteiger partial charge on any atom is -0.361 e. The van der Waals surface area contributed by atoms with Crippen molar-refractivity contribution < 1.29 is 4.79 Å². The molecule has 116 valence electrons. The van der Waals surface area contributed by atoms with Crippen molar-refractivity contribution in [3.8, 4) is 0 Å². The molecule has 0 aromatic heterocycles. The lowest BCUT2D eigenvalue weighted by molar-refractivity contribution is -0.127. The smallest absolute Gasteiger partial charge is 0.241 e. The molecule has 0 saturated carbocycles. The highest BCUT2D eigenvalue weighted by Crippen LogP contribution is 2.28. The van der Waals surface area contributed by atoms with Gasteiger partial charge in [0.05, 0.1) is 17.3 Å². The van der Waals surface area contributed by atoms with E-state index in [0.717, 1.165) is 49.7 Å². The molecular weight excluding hydrogens is 286 g/mol. The largest absolute Gasteiger partial charge is 0.361 e. The van der Waals surface area contributed by atoms with E-state index in [4.69, 9.17) is 11.6 Å². The molecule has 1 aromatic carbocycles. The van der Waals surface area contributed by atoms with Crippen molar-refractivity contribution in [1.82, 2.24) is 10.2 Å². The maximum absolute atomic E-state index is 12.0. The Hall–Kier alpha value is -1.26. The van der Waals surface area contributed by atoms with Gasteiger partial charge in [-0.3, -0.25) is 4.79 Å². The van der Waals surface area contributed by atoms with E-state index in [-0.39, 0.29) is 5.91 Å². The normalized spacial score (nSPS) is 16.2. The number of hydrogen-bond acceptors (Lipinski definition) is 3. The first kappa shape index (κ1) is 16.1. The van der Waals surface area contributed by atoms with Crippen LogP contribution in [0, 0.1) is 0 Å². The summed E-state index contributed by atoms with van der Waals surface area (Å²) < 4.78 is 0. The number of hydrogen-bond donors (Lipinski definition) is 1. The standard InChI is InChI=1S/C16H24ClN3O/c1-3-7-18-11-13-5-6-15(14(17)10-13)20-9-4-8-19(2)16(21)12-20/h5-6,10,18H,3-4,7-9,11-12H2,1-2H3. The third-order valence-corrected chi connectivity index (χ3v) is 4.08. The molecule has 1 fully saturated rings. The summed E-state index contributed by atoms with van der Waals surface area (Å²) in [6, 6.07) is 6.12. The molecule has 1 aliphatic rings. The number of carbonyl (C=O) groups is 1. The Bertz CT molecular complexity index is 492. The second-order valence-corrected chi connectivity index (χ2v) is 5.96. The third-order valence-electron chi connectivity index (χ3n) is 3.78. The van der Waals surface area contributed by atoms with Crippen molar-refractivity contribution in [2.75, 3.05) is 38.1 Å². The second-order valence-electron chi connectivity index (χ2n) is 5.55. The van der Waals surface area contributed by atoms with Crippen molar-refractivity contribution >= 4 is 23.2 Å². The molecule has 0 unspecified atom stereocenters. The van der Waals surface area contributed by atoms with Crippen molar-refractivity contribution in [3.63, 3.8) is 0 Å². The summed E-state index contributed by atoms with van der Waals surface area (Å²) in [5, 5.41) is 4.09. The van der Waals surface area contributed by atoms with E-state index < -0.39 is 0 Å². The Morgan fingerprint density at radius 3 is 2.86 bits per heavy atom. The van der Waals surface area contributed by atoms with Crippen molar-refractivity contribution in [3.05, 3.63) is 28.8 Å². The molecule has 1 amide bonds. The zero-order chi connectivity index (χ0) is 15.2. The number of halogens is 1. The summed E-state index contributed by atoms with van der Waals surface area (Å²) in [5.41, 5.74) is 2.13. The van der Waals surface area contributed by atoms with E-state index in [1.807, 2.05) is 19.2 Å². The summed E-state index contributed by atoms with van der Waals surface area (Å²) in [7, 11) is 1.86. The van der Waals surface area contributed by atoms with Crippen molar-refractivity contribution in [2.24, 2.45) is 0 Å². The predicted molar refractivity (Wildman–Crippen MR) is 87.9 cm³/mol. The Morgan fingerprint density at radius 2 is 2.14 bits per heavy atom. The van der Waals surface area contributed by atoms with Gasteiger partial charge in [0.25, 0.3) is 0 Å².